The minimum absolute atomic E-state index is 0.241. The Morgan fingerprint density at radius 3 is 2.67 bits per heavy atom. The molecule has 3 rings (SSSR count). The first kappa shape index (κ1) is 19.4. The average Bonchev–Trinajstić information content (AvgIpc) is 2.66. The average molecular weight is 388 g/mol. The number of hydrogen-bond acceptors (Lipinski definition) is 6. The van der Waals surface area contributed by atoms with Gasteiger partial charge in [0.25, 0.3) is 0 Å². The smallest absolute Gasteiger partial charge is 0.225 e. The summed E-state index contributed by atoms with van der Waals surface area (Å²) in [6, 6.07) is 9.46. The molecule has 0 aliphatic heterocycles. The lowest BCUT2D eigenvalue weighted by molar-refractivity contribution is 0.0950. The third kappa shape index (κ3) is 3.98. The van der Waals surface area contributed by atoms with E-state index in [2.05, 4.69) is 9.97 Å². The van der Waals surface area contributed by atoms with Gasteiger partial charge in [-0.15, -0.1) is 0 Å². The third-order valence-electron chi connectivity index (χ3n) is 4.30. The number of benzene rings is 2. The van der Waals surface area contributed by atoms with E-state index < -0.39 is 6.10 Å². The van der Waals surface area contributed by atoms with Gasteiger partial charge in [-0.1, -0.05) is 23.7 Å². The van der Waals surface area contributed by atoms with Crippen LogP contribution in [0.15, 0.2) is 36.5 Å². The molecule has 0 fully saturated rings. The first-order valence-corrected chi connectivity index (χ1v) is 8.91. The number of hydrogen-bond donors (Lipinski definition) is 2. The van der Waals surface area contributed by atoms with E-state index in [1.807, 2.05) is 49.3 Å². The summed E-state index contributed by atoms with van der Waals surface area (Å²) in [4.78, 5) is 10.9. The highest BCUT2D eigenvalue weighted by Gasteiger charge is 2.19. The Bertz CT molecular complexity index is 963. The summed E-state index contributed by atoms with van der Waals surface area (Å²) in [5.74, 6) is 1.12. The maximum absolute atomic E-state index is 9.98. The molecule has 0 bridgehead atoms. The van der Waals surface area contributed by atoms with Crippen LogP contribution in [0, 0.1) is 0 Å². The van der Waals surface area contributed by atoms with Crippen LogP contribution in [0.4, 0.5) is 5.95 Å². The number of ether oxygens (including phenoxy) is 1. The van der Waals surface area contributed by atoms with Gasteiger partial charge in [-0.3, -0.25) is 0 Å². The molecule has 0 spiro atoms. The maximum Gasteiger partial charge on any atom is 0.225 e. The van der Waals surface area contributed by atoms with E-state index in [1.54, 1.807) is 13.3 Å². The molecular formula is C20H22ClN3O3. The number of nitrogens with zero attached hydrogens (tertiary/aromatic N) is 3. The fourth-order valence-electron chi connectivity index (χ4n) is 3.02. The number of anilines is 1. The highest BCUT2D eigenvalue weighted by atomic mass is 35.5. The standard InChI is InChI=1S/C20H22ClN3O3/c1-24(2)20-22-10-17-16(12-5-4-6-14(21)7-12)9-13(8-15(26)11-25)19(27-3)18(17)23-20/h4-7,9-10,15,25-26H,8,11H2,1-3H3. The van der Waals surface area contributed by atoms with Crippen LogP contribution in [0.1, 0.15) is 5.56 Å². The van der Waals surface area contributed by atoms with Crippen molar-refractivity contribution in [2.45, 2.75) is 12.5 Å². The van der Waals surface area contributed by atoms with Gasteiger partial charge in [-0.25, -0.2) is 9.97 Å². The van der Waals surface area contributed by atoms with E-state index in [0.29, 0.717) is 22.2 Å². The molecule has 0 saturated heterocycles. The quantitative estimate of drug-likeness (QED) is 0.677. The van der Waals surface area contributed by atoms with Crippen LogP contribution >= 0.6 is 11.6 Å². The van der Waals surface area contributed by atoms with E-state index in [9.17, 15) is 10.2 Å². The van der Waals surface area contributed by atoms with Crippen molar-refractivity contribution in [2.24, 2.45) is 0 Å². The minimum atomic E-state index is -0.890. The van der Waals surface area contributed by atoms with Crippen molar-refractivity contribution < 1.29 is 14.9 Å². The molecule has 0 radical (unpaired) electrons. The Balaban J connectivity index is 2.33. The number of aromatic nitrogens is 2. The predicted octanol–water partition coefficient (Wildman–Crippen LogP) is 2.92. The Morgan fingerprint density at radius 1 is 1.26 bits per heavy atom. The minimum Gasteiger partial charge on any atom is -0.494 e. The topological polar surface area (TPSA) is 78.7 Å². The van der Waals surface area contributed by atoms with Crippen molar-refractivity contribution in [2.75, 3.05) is 32.7 Å². The molecule has 0 saturated carbocycles. The van der Waals surface area contributed by atoms with Crippen LogP contribution in [-0.4, -0.2) is 54.1 Å². The third-order valence-corrected chi connectivity index (χ3v) is 4.53. The summed E-state index contributed by atoms with van der Waals surface area (Å²) in [7, 11) is 5.30. The first-order valence-electron chi connectivity index (χ1n) is 8.53. The summed E-state index contributed by atoms with van der Waals surface area (Å²) < 4.78 is 5.63. The van der Waals surface area contributed by atoms with E-state index in [0.717, 1.165) is 22.1 Å². The van der Waals surface area contributed by atoms with Gasteiger partial charge in [0.2, 0.25) is 5.95 Å². The van der Waals surface area contributed by atoms with Crippen molar-refractivity contribution in [3.05, 3.63) is 47.1 Å². The second-order valence-corrected chi connectivity index (χ2v) is 6.93. The van der Waals surface area contributed by atoms with Crippen LogP contribution in [0.3, 0.4) is 0 Å². The van der Waals surface area contributed by atoms with Crippen molar-refractivity contribution in [3.8, 4) is 16.9 Å². The zero-order valence-corrected chi connectivity index (χ0v) is 16.2. The van der Waals surface area contributed by atoms with Crippen LogP contribution < -0.4 is 9.64 Å². The van der Waals surface area contributed by atoms with Crippen molar-refractivity contribution in [3.63, 3.8) is 0 Å². The van der Waals surface area contributed by atoms with E-state index in [-0.39, 0.29) is 13.0 Å². The van der Waals surface area contributed by atoms with Crippen LogP contribution in [0.2, 0.25) is 5.02 Å². The van der Waals surface area contributed by atoms with Gasteiger partial charge in [0.1, 0.15) is 11.3 Å². The molecule has 6 nitrogen and oxygen atoms in total. The Kier molecular flexibility index (Phi) is 5.79. The van der Waals surface area contributed by atoms with E-state index in [1.165, 1.54) is 0 Å². The molecular weight excluding hydrogens is 366 g/mol. The van der Waals surface area contributed by atoms with Crippen molar-refractivity contribution in [1.82, 2.24) is 9.97 Å². The number of aliphatic hydroxyl groups is 2. The van der Waals surface area contributed by atoms with Gasteiger partial charge in [0.15, 0.2) is 0 Å². The second-order valence-electron chi connectivity index (χ2n) is 6.49. The molecule has 1 unspecified atom stereocenters. The summed E-state index contributed by atoms with van der Waals surface area (Å²) in [5, 5.41) is 20.7. The van der Waals surface area contributed by atoms with Crippen LogP contribution in [0.5, 0.6) is 5.75 Å². The lowest BCUT2D eigenvalue weighted by atomic mass is 9.95. The van der Waals surface area contributed by atoms with Gasteiger partial charge in [0.05, 0.1) is 19.8 Å². The van der Waals surface area contributed by atoms with Gasteiger partial charge in [0, 0.05) is 37.1 Å². The van der Waals surface area contributed by atoms with Crippen LogP contribution in [0.25, 0.3) is 22.0 Å². The fourth-order valence-corrected chi connectivity index (χ4v) is 3.21. The highest BCUT2D eigenvalue weighted by Crippen LogP contribution is 2.38. The number of methoxy groups -OCH3 is 1. The molecule has 0 aliphatic carbocycles. The monoisotopic (exact) mass is 387 g/mol. The number of halogens is 1. The van der Waals surface area contributed by atoms with E-state index >= 15 is 0 Å². The number of aliphatic hydroxyl groups excluding tert-OH is 2. The largest absolute Gasteiger partial charge is 0.494 e. The number of fused-ring (bicyclic) bond motifs is 1. The molecule has 2 aromatic carbocycles. The molecule has 1 aromatic heterocycles. The van der Waals surface area contributed by atoms with Gasteiger partial charge in [-0.2, -0.15) is 0 Å². The Morgan fingerprint density at radius 2 is 2.04 bits per heavy atom. The maximum atomic E-state index is 9.98. The summed E-state index contributed by atoms with van der Waals surface area (Å²) >= 11 is 6.18. The molecule has 7 heteroatoms. The van der Waals surface area contributed by atoms with Gasteiger partial charge < -0.3 is 19.8 Å². The number of rotatable bonds is 6. The molecule has 0 amide bonds. The van der Waals surface area contributed by atoms with Crippen LogP contribution in [-0.2, 0) is 6.42 Å². The highest BCUT2D eigenvalue weighted by molar-refractivity contribution is 6.30. The lowest BCUT2D eigenvalue weighted by Crippen LogP contribution is -2.16. The Labute approximate surface area is 163 Å². The molecule has 3 aromatic rings. The molecule has 27 heavy (non-hydrogen) atoms. The lowest BCUT2D eigenvalue weighted by Gasteiger charge is -2.18. The Hall–Kier alpha value is -2.41. The SMILES string of the molecule is COc1c(CC(O)CO)cc(-c2cccc(Cl)c2)c2cnc(N(C)C)nc12. The predicted molar refractivity (Wildman–Crippen MR) is 108 cm³/mol. The summed E-state index contributed by atoms with van der Waals surface area (Å²) in [6.07, 6.45) is 1.12. The molecule has 1 heterocycles. The molecule has 1 atom stereocenters. The van der Waals surface area contributed by atoms with Gasteiger partial charge in [-0.05, 0) is 34.9 Å². The zero-order valence-electron chi connectivity index (χ0n) is 15.5. The van der Waals surface area contributed by atoms with Gasteiger partial charge >= 0.3 is 0 Å². The van der Waals surface area contributed by atoms with Crippen molar-refractivity contribution >= 4 is 28.5 Å². The molecule has 142 valence electrons. The van der Waals surface area contributed by atoms with Crippen molar-refractivity contribution in [1.29, 1.82) is 0 Å². The summed E-state index contributed by atoms with van der Waals surface area (Å²) in [5.41, 5.74) is 3.20. The normalized spacial score (nSPS) is 12.2. The fraction of sp³-hybridized carbons (Fsp3) is 0.300. The molecule has 0 aliphatic rings. The first-order chi connectivity index (χ1) is 12.9. The zero-order chi connectivity index (χ0) is 19.6. The summed E-state index contributed by atoms with van der Waals surface area (Å²) in [6.45, 7) is -0.333. The molecule has 2 N–H and O–H groups in total. The second kappa shape index (κ2) is 8.08. The van der Waals surface area contributed by atoms with E-state index in [4.69, 9.17) is 16.3 Å².